The van der Waals surface area contributed by atoms with Crippen molar-refractivity contribution in [3.8, 4) is 0 Å². The Morgan fingerprint density at radius 3 is 3.05 bits per heavy atom. The van der Waals surface area contributed by atoms with Crippen LogP contribution < -0.4 is 5.32 Å². The predicted molar refractivity (Wildman–Crippen MR) is 89.5 cm³/mol. The molecule has 1 aromatic heterocycles. The van der Waals surface area contributed by atoms with Gasteiger partial charge in [-0.15, -0.1) is 11.3 Å². The predicted octanol–water partition coefficient (Wildman–Crippen LogP) is 3.27. The van der Waals surface area contributed by atoms with Crippen LogP contribution in [0.15, 0.2) is 18.2 Å². The minimum atomic E-state index is -0.0936. The summed E-state index contributed by atoms with van der Waals surface area (Å²) in [6.07, 6.45) is 0.871. The lowest BCUT2D eigenvalue weighted by Crippen LogP contribution is -2.33. The van der Waals surface area contributed by atoms with E-state index in [1.807, 2.05) is 18.2 Å². The second-order valence-electron chi connectivity index (χ2n) is 6.10. The van der Waals surface area contributed by atoms with Crippen LogP contribution in [0, 0.1) is 5.92 Å². The van der Waals surface area contributed by atoms with Crippen LogP contribution in [0.2, 0.25) is 0 Å². The molecular weight excluding hydrogens is 298 g/mol. The van der Waals surface area contributed by atoms with Gasteiger partial charge in [0.1, 0.15) is 0 Å². The highest BCUT2D eigenvalue weighted by Crippen LogP contribution is 2.29. The molecule has 1 saturated heterocycles. The first-order valence-electron chi connectivity index (χ1n) is 7.64. The number of amides is 2. The molecule has 2 heterocycles. The normalized spacial score (nSPS) is 18.4. The molecule has 1 unspecified atom stereocenters. The molecule has 22 heavy (non-hydrogen) atoms. The lowest BCUT2D eigenvalue weighted by Gasteiger charge is -2.17. The number of carbonyl (C=O) groups is 1. The molecular formula is C16H21N3O2S. The fraction of sp³-hybridized carbons (Fsp3) is 0.500. The van der Waals surface area contributed by atoms with Crippen molar-refractivity contribution in [1.82, 2.24) is 9.88 Å². The maximum atomic E-state index is 12.2. The summed E-state index contributed by atoms with van der Waals surface area (Å²) in [6.45, 7) is 5.74. The van der Waals surface area contributed by atoms with E-state index in [0.717, 1.165) is 27.3 Å². The molecule has 5 nitrogen and oxygen atoms in total. The third kappa shape index (κ3) is 3.08. The van der Waals surface area contributed by atoms with Gasteiger partial charge in [0, 0.05) is 37.2 Å². The molecule has 1 aromatic carbocycles. The minimum Gasteiger partial charge on any atom is -0.396 e. The molecule has 2 amide bonds. The first-order chi connectivity index (χ1) is 10.6. The van der Waals surface area contributed by atoms with Crippen LogP contribution in [-0.2, 0) is 0 Å². The maximum absolute atomic E-state index is 12.2. The Morgan fingerprint density at radius 2 is 2.36 bits per heavy atom. The summed E-state index contributed by atoms with van der Waals surface area (Å²) < 4.78 is 1.09. The molecule has 1 atom stereocenters. The van der Waals surface area contributed by atoms with Crippen LogP contribution in [0.1, 0.15) is 31.2 Å². The zero-order valence-electron chi connectivity index (χ0n) is 12.9. The first-order valence-corrected chi connectivity index (χ1v) is 8.45. The Morgan fingerprint density at radius 1 is 1.55 bits per heavy atom. The van der Waals surface area contributed by atoms with E-state index < -0.39 is 0 Å². The van der Waals surface area contributed by atoms with Crippen molar-refractivity contribution in [2.75, 3.05) is 25.0 Å². The van der Waals surface area contributed by atoms with Crippen LogP contribution >= 0.6 is 11.3 Å². The molecule has 1 aliphatic rings. The van der Waals surface area contributed by atoms with Crippen molar-refractivity contribution in [2.45, 2.75) is 26.2 Å². The Labute approximate surface area is 134 Å². The van der Waals surface area contributed by atoms with E-state index in [1.165, 1.54) is 0 Å². The number of aliphatic hydroxyl groups excluding tert-OH is 1. The third-order valence-electron chi connectivity index (χ3n) is 3.98. The average molecular weight is 319 g/mol. The lowest BCUT2D eigenvalue weighted by molar-refractivity contribution is 0.209. The highest BCUT2D eigenvalue weighted by molar-refractivity contribution is 7.18. The Balaban J connectivity index is 1.72. The van der Waals surface area contributed by atoms with E-state index in [4.69, 9.17) is 5.11 Å². The monoisotopic (exact) mass is 319 g/mol. The minimum absolute atomic E-state index is 0.0936. The number of carbonyl (C=O) groups excluding carboxylic acids is 1. The molecule has 0 saturated carbocycles. The number of nitrogens with one attached hydrogen (secondary N) is 1. The van der Waals surface area contributed by atoms with Gasteiger partial charge in [0.05, 0.1) is 15.2 Å². The smallest absolute Gasteiger partial charge is 0.321 e. The molecule has 1 aliphatic heterocycles. The molecule has 118 valence electrons. The van der Waals surface area contributed by atoms with E-state index in [2.05, 4.69) is 24.1 Å². The molecule has 0 radical (unpaired) electrons. The number of hydrogen-bond donors (Lipinski definition) is 2. The number of likely N-dealkylation sites (tertiary alicyclic amines) is 1. The van der Waals surface area contributed by atoms with Gasteiger partial charge >= 0.3 is 6.03 Å². The number of rotatable bonds is 3. The number of thiazole rings is 1. The maximum Gasteiger partial charge on any atom is 0.321 e. The van der Waals surface area contributed by atoms with Crippen LogP contribution in [-0.4, -0.2) is 40.7 Å². The second-order valence-corrected chi connectivity index (χ2v) is 7.16. The summed E-state index contributed by atoms with van der Waals surface area (Å²) in [5, 5.41) is 13.2. The number of urea groups is 1. The number of aromatic nitrogens is 1. The summed E-state index contributed by atoms with van der Waals surface area (Å²) in [5.41, 5.74) is 1.78. The topological polar surface area (TPSA) is 65.5 Å². The van der Waals surface area contributed by atoms with Crippen molar-refractivity contribution in [3.63, 3.8) is 0 Å². The summed E-state index contributed by atoms with van der Waals surface area (Å²) >= 11 is 1.67. The zero-order valence-corrected chi connectivity index (χ0v) is 13.7. The van der Waals surface area contributed by atoms with Gasteiger partial charge in [0.2, 0.25) is 0 Å². The molecule has 6 heteroatoms. The summed E-state index contributed by atoms with van der Waals surface area (Å²) in [7, 11) is 0. The van der Waals surface area contributed by atoms with Crippen molar-refractivity contribution in [1.29, 1.82) is 0 Å². The van der Waals surface area contributed by atoms with Crippen molar-refractivity contribution < 1.29 is 9.90 Å². The highest BCUT2D eigenvalue weighted by Gasteiger charge is 2.25. The van der Waals surface area contributed by atoms with E-state index in [1.54, 1.807) is 16.2 Å². The fourth-order valence-corrected chi connectivity index (χ4v) is 3.64. The van der Waals surface area contributed by atoms with Gasteiger partial charge in [-0.1, -0.05) is 13.8 Å². The highest BCUT2D eigenvalue weighted by atomic mass is 32.1. The number of fused-ring (bicyclic) bond motifs is 1. The molecule has 0 bridgehead atoms. The van der Waals surface area contributed by atoms with Crippen LogP contribution in [0.5, 0.6) is 0 Å². The third-order valence-corrected chi connectivity index (χ3v) is 5.30. The fourth-order valence-electron chi connectivity index (χ4n) is 2.64. The van der Waals surface area contributed by atoms with E-state index in [9.17, 15) is 4.79 Å². The Bertz CT molecular complexity index is 683. The number of hydrogen-bond acceptors (Lipinski definition) is 4. The van der Waals surface area contributed by atoms with E-state index in [-0.39, 0.29) is 18.6 Å². The summed E-state index contributed by atoms with van der Waals surface area (Å²) in [4.78, 5) is 18.6. The number of nitrogens with zero attached hydrogens (tertiary/aromatic N) is 2. The van der Waals surface area contributed by atoms with Gasteiger partial charge in [-0.25, -0.2) is 9.78 Å². The molecule has 2 N–H and O–H groups in total. The SMILES string of the molecule is CC(C)c1nc2ccc(NC(=O)N3CCC(CO)C3)cc2s1. The Kier molecular flexibility index (Phi) is 4.31. The first kappa shape index (κ1) is 15.2. The molecule has 0 aliphatic carbocycles. The van der Waals surface area contributed by atoms with Crippen molar-refractivity contribution >= 4 is 33.3 Å². The number of anilines is 1. The second kappa shape index (κ2) is 6.22. The van der Waals surface area contributed by atoms with Crippen LogP contribution in [0.25, 0.3) is 10.2 Å². The van der Waals surface area contributed by atoms with Gasteiger partial charge < -0.3 is 15.3 Å². The summed E-state index contributed by atoms with van der Waals surface area (Å²) in [5.74, 6) is 0.624. The van der Waals surface area contributed by atoms with Gasteiger partial charge in [-0.05, 0) is 24.6 Å². The van der Waals surface area contributed by atoms with Crippen LogP contribution in [0.3, 0.4) is 0 Å². The van der Waals surface area contributed by atoms with Crippen molar-refractivity contribution in [2.24, 2.45) is 5.92 Å². The molecule has 2 aromatic rings. The molecule has 3 rings (SSSR count). The molecule has 1 fully saturated rings. The quantitative estimate of drug-likeness (QED) is 0.912. The Hall–Kier alpha value is -1.66. The zero-order chi connectivity index (χ0) is 15.7. The standard InChI is InChI=1S/C16H21N3O2S/c1-10(2)15-18-13-4-3-12(7-14(13)22-15)17-16(21)19-6-5-11(8-19)9-20/h3-4,7,10-11,20H,5-6,8-9H2,1-2H3,(H,17,21). The van der Waals surface area contributed by atoms with E-state index >= 15 is 0 Å². The van der Waals surface area contributed by atoms with Crippen LogP contribution in [0.4, 0.5) is 10.5 Å². The van der Waals surface area contributed by atoms with Crippen molar-refractivity contribution in [3.05, 3.63) is 23.2 Å². The lowest BCUT2D eigenvalue weighted by atomic mass is 10.1. The average Bonchev–Trinajstić information content (AvgIpc) is 3.13. The van der Waals surface area contributed by atoms with Gasteiger partial charge in [-0.2, -0.15) is 0 Å². The summed E-state index contributed by atoms with van der Waals surface area (Å²) in [6, 6.07) is 5.73. The van der Waals surface area contributed by atoms with Gasteiger partial charge in [0.15, 0.2) is 0 Å². The van der Waals surface area contributed by atoms with E-state index in [0.29, 0.717) is 19.0 Å². The largest absolute Gasteiger partial charge is 0.396 e. The number of benzene rings is 1. The molecule has 0 spiro atoms. The van der Waals surface area contributed by atoms with Gasteiger partial charge in [0.25, 0.3) is 0 Å². The number of aliphatic hydroxyl groups is 1. The van der Waals surface area contributed by atoms with Gasteiger partial charge in [-0.3, -0.25) is 0 Å².